The van der Waals surface area contributed by atoms with Crippen molar-refractivity contribution in [2.75, 3.05) is 6.73 Å². The van der Waals surface area contributed by atoms with Gasteiger partial charge in [-0.1, -0.05) is 25.7 Å². The molecule has 0 spiro atoms. The fraction of sp³-hybridized carbons (Fsp3) is 0.917. The monoisotopic (exact) mass is 211 g/mol. The van der Waals surface area contributed by atoms with E-state index in [2.05, 4.69) is 5.32 Å². The van der Waals surface area contributed by atoms with Crippen molar-refractivity contribution in [2.24, 2.45) is 5.92 Å². The van der Waals surface area contributed by atoms with Gasteiger partial charge in [0.1, 0.15) is 6.73 Å². The SMILES string of the molecule is O=C(OCNC1CCC1)C1CCCCC1. The summed E-state index contributed by atoms with van der Waals surface area (Å²) in [6, 6.07) is 0.601. The molecule has 0 unspecified atom stereocenters. The Morgan fingerprint density at radius 1 is 1.07 bits per heavy atom. The molecule has 2 aliphatic carbocycles. The van der Waals surface area contributed by atoms with Crippen molar-refractivity contribution in [1.82, 2.24) is 5.32 Å². The van der Waals surface area contributed by atoms with Crippen LogP contribution in [0.3, 0.4) is 0 Å². The Hall–Kier alpha value is -0.570. The summed E-state index contributed by atoms with van der Waals surface area (Å²) in [6.45, 7) is 0.417. The third-order valence-corrected chi connectivity index (χ3v) is 3.63. The van der Waals surface area contributed by atoms with Crippen molar-refractivity contribution in [3.8, 4) is 0 Å². The van der Waals surface area contributed by atoms with Crippen LogP contribution in [0.1, 0.15) is 51.4 Å². The number of carbonyl (C=O) groups is 1. The maximum atomic E-state index is 11.6. The topological polar surface area (TPSA) is 38.3 Å². The van der Waals surface area contributed by atoms with Crippen molar-refractivity contribution in [1.29, 1.82) is 0 Å². The highest BCUT2D eigenvalue weighted by atomic mass is 16.5. The molecule has 2 rings (SSSR count). The van der Waals surface area contributed by atoms with Gasteiger partial charge in [0.05, 0.1) is 5.92 Å². The van der Waals surface area contributed by atoms with E-state index in [-0.39, 0.29) is 11.9 Å². The molecule has 0 heterocycles. The molecule has 0 amide bonds. The fourth-order valence-electron chi connectivity index (χ4n) is 2.30. The van der Waals surface area contributed by atoms with Gasteiger partial charge in [0, 0.05) is 6.04 Å². The molecule has 15 heavy (non-hydrogen) atoms. The van der Waals surface area contributed by atoms with Gasteiger partial charge in [-0.2, -0.15) is 0 Å². The van der Waals surface area contributed by atoms with Crippen LogP contribution >= 0.6 is 0 Å². The molecule has 0 aromatic rings. The minimum Gasteiger partial charge on any atom is -0.450 e. The molecule has 1 N–H and O–H groups in total. The zero-order valence-electron chi connectivity index (χ0n) is 9.34. The Morgan fingerprint density at radius 3 is 2.40 bits per heavy atom. The van der Waals surface area contributed by atoms with E-state index in [1.165, 1.54) is 38.5 Å². The van der Waals surface area contributed by atoms with E-state index < -0.39 is 0 Å². The minimum atomic E-state index is 0.0153. The summed E-state index contributed by atoms with van der Waals surface area (Å²) in [5.41, 5.74) is 0. The predicted octanol–water partition coefficient (Wildman–Crippen LogP) is 2.21. The van der Waals surface area contributed by atoms with Crippen LogP contribution in [-0.2, 0) is 9.53 Å². The second-order valence-corrected chi connectivity index (χ2v) is 4.77. The maximum absolute atomic E-state index is 11.6. The lowest BCUT2D eigenvalue weighted by atomic mass is 9.89. The van der Waals surface area contributed by atoms with Gasteiger partial charge in [0.2, 0.25) is 0 Å². The summed E-state index contributed by atoms with van der Waals surface area (Å²) in [5, 5.41) is 3.25. The van der Waals surface area contributed by atoms with Crippen LogP contribution in [0.25, 0.3) is 0 Å². The lowest BCUT2D eigenvalue weighted by molar-refractivity contribution is -0.150. The van der Waals surface area contributed by atoms with Gasteiger partial charge in [-0.05, 0) is 25.7 Å². The lowest BCUT2D eigenvalue weighted by Gasteiger charge is -2.27. The number of hydrogen-bond acceptors (Lipinski definition) is 3. The number of ether oxygens (including phenoxy) is 1. The van der Waals surface area contributed by atoms with E-state index in [0.717, 1.165) is 12.8 Å². The van der Waals surface area contributed by atoms with Gasteiger partial charge in [-0.15, -0.1) is 0 Å². The summed E-state index contributed by atoms with van der Waals surface area (Å²) in [6.07, 6.45) is 9.51. The first kappa shape index (κ1) is 10.9. The van der Waals surface area contributed by atoms with Crippen molar-refractivity contribution in [3.63, 3.8) is 0 Å². The van der Waals surface area contributed by atoms with Crippen LogP contribution in [0.15, 0.2) is 0 Å². The third kappa shape index (κ3) is 3.20. The zero-order valence-corrected chi connectivity index (χ0v) is 9.34. The van der Waals surface area contributed by atoms with E-state index in [0.29, 0.717) is 12.8 Å². The first-order valence-electron chi connectivity index (χ1n) is 6.26. The average Bonchev–Trinajstić information content (AvgIpc) is 2.23. The summed E-state index contributed by atoms with van der Waals surface area (Å²) >= 11 is 0. The molecule has 0 aliphatic heterocycles. The molecule has 0 saturated heterocycles. The predicted molar refractivity (Wildman–Crippen MR) is 58.3 cm³/mol. The zero-order chi connectivity index (χ0) is 10.5. The summed E-state index contributed by atoms with van der Waals surface area (Å²) in [7, 11) is 0. The van der Waals surface area contributed by atoms with Gasteiger partial charge >= 0.3 is 5.97 Å². The number of hydrogen-bond donors (Lipinski definition) is 1. The highest BCUT2D eigenvalue weighted by Gasteiger charge is 2.23. The molecule has 0 aromatic heterocycles. The van der Waals surface area contributed by atoms with Crippen LogP contribution < -0.4 is 5.32 Å². The van der Waals surface area contributed by atoms with Gasteiger partial charge in [-0.3, -0.25) is 10.1 Å². The van der Waals surface area contributed by atoms with Crippen LogP contribution in [0.2, 0.25) is 0 Å². The Labute approximate surface area is 91.6 Å². The summed E-state index contributed by atoms with van der Waals surface area (Å²) in [5.74, 6) is 0.198. The number of carbonyl (C=O) groups excluding carboxylic acids is 1. The van der Waals surface area contributed by atoms with E-state index in [9.17, 15) is 4.79 Å². The Kier molecular flexibility index (Phi) is 4.01. The molecule has 0 bridgehead atoms. The summed E-state index contributed by atoms with van der Waals surface area (Å²) < 4.78 is 5.24. The smallest absolute Gasteiger partial charge is 0.310 e. The van der Waals surface area contributed by atoms with Crippen LogP contribution in [0.5, 0.6) is 0 Å². The second kappa shape index (κ2) is 5.50. The van der Waals surface area contributed by atoms with Gasteiger partial charge in [0.15, 0.2) is 0 Å². The van der Waals surface area contributed by atoms with Crippen LogP contribution in [-0.4, -0.2) is 18.7 Å². The molecule has 0 atom stereocenters. The standard InChI is InChI=1S/C12H21NO2/c14-12(10-5-2-1-3-6-10)15-9-13-11-7-4-8-11/h10-11,13H,1-9H2. The normalized spacial score (nSPS) is 23.5. The maximum Gasteiger partial charge on any atom is 0.310 e. The molecule has 2 fully saturated rings. The quantitative estimate of drug-likeness (QED) is 0.572. The van der Waals surface area contributed by atoms with Crippen molar-refractivity contribution >= 4 is 5.97 Å². The number of nitrogens with one attached hydrogen (secondary N) is 1. The first-order chi connectivity index (χ1) is 7.36. The highest BCUT2D eigenvalue weighted by Crippen LogP contribution is 2.24. The molecular weight excluding hydrogens is 190 g/mol. The minimum absolute atomic E-state index is 0.0153. The van der Waals surface area contributed by atoms with Gasteiger partial charge < -0.3 is 4.74 Å². The van der Waals surface area contributed by atoms with E-state index in [1.54, 1.807) is 0 Å². The van der Waals surface area contributed by atoms with Crippen molar-refractivity contribution in [3.05, 3.63) is 0 Å². The fourth-order valence-corrected chi connectivity index (χ4v) is 2.30. The Balaban J connectivity index is 1.58. The molecule has 86 valence electrons. The molecule has 0 aromatic carbocycles. The van der Waals surface area contributed by atoms with Crippen molar-refractivity contribution < 1.29 is 9.53 Å². The van der Waals surface area contributed by atoms with Crippen molar-refractivity contribution in [2.45, 2.75) is 57.4 Å². The molecule has 3 heteroatoms. The second-order valence-electron chi connectivity index (χ2n) is 4.77. The molecule has 0 radical (unpaired) electrons. The molecular formula is C12H21NO2. The summed E-state index contributed by atoms with van der Waals surface area (Å²) in [4.78, 5) is 11.6. The Morgan fingerprint density at radius 2 is 1.80 bits per heavy atom. The average molecular weight is 211 g/mol. The first-order valence-corrected chi connectivity index (χ1v) is 6.26. The van der Waals surface area contributed by atoms with E-state index in [1.807, 2.05) is 0 Å². The van der Waals surface area contributed by atoms with Gasteiger partial charge in [-0.25, -0.2) is 0 Å². The lowest BCUT2D eigenvalue weighted by Crippen LogP contribution is -2.38. The number of rotatable bonds is 4. The Bertz CT molecular complexity index is 208. The van der Waals surface area contributed by atoms with Crippen LogP contribution in [0.4, 0.5) is 0 Å². The molecule has 3 nitrogen and oxygen atoms in total. The molecule has 2 aliphatic rings. The van der Waals surface area contributed by atoms with Gasteiger partial charge in [0.25, 0.3) is 0 Å². The highest BCUT2D eigenvalue weighted by molar-refractivity contribution is 5.72. The number of esters is 1. The van der Waals surface area contributed by atoms with Crippen LogP contribution in [0, 0.1) is 5.92 Å². The third-order valence-electron chi connectivity index (χ3n) is 3.63. The van der Waals surface area contributed by atoms with E-state index in [4.69, 9.17) is 4.74 Å². The van der Waals surface area contributed by atoms with E-state index >= 15 is 0 Å². The largest absolute Gasteiger partial charge is 0.450 e. The molecule has 2 saturated carbocycles.